The maximum atomic E-state index is 13.3. The molecule has 2 heterocycles. The molecule has 5 rings (SSSR count). The number of nitro benzene ring substituents is 1. The van der Waals surface area contributed by atoms with E-state index in [1.165, 1.54) is 12.1 Å². The third-order valence-electron chi connectivity index (χ3n) is 5.84. The molecule has 1 aromatic heterocycles. The van der Waals surface area contributed by atoms with Crippen molar-refractivity contribution in [1.29, 1.82) is 0 Å². The van der Waals surface area contributed by atoms with Gasteiger partial charge in [0.25, 0.3) is 5.69 Å². The molecular weight excluding hydrogens is 430 g/mol. The molecule has 0 amide bonds. The molecular formula is C23H20ClN5O3. The van der Waals surface area contributed by atoms with E-state index in [1.807, 2.05) is 32.0 Å². The third-order valence-corrected chi connectivity index (χ3v) is 6.17. The minimum absolute atomic E-state index is 0.000648. The van der Waals surface area contributed by atoms with E-state index in [0.717, 1.165) is 5.70 Å². The van der Waals surface area contributed by atoms with Crippen LogP contribution in [-0.4, -0.2) is 25.5 Å². The molecule has 2 aromatic carbocycles. The van der Waals surface area contributed by atoms with Gasteiger partial charge in [-0.2, -0.15) is 4.98 Å². The minimum atomic E-state index is -0.617. The zero-order chi connectivity index (χ0) is 22.6. The van der Waals surface area contributed by atoms with Crippen molar-refractivity contribution in [3.63, 3.8) is 0 Å². The number of allylic oxidation sites excluding steroid dienone is 2. The van der Waals surface area contributed by atoms with Gasteiger partial charge >= 0.3 is 0 Å². The summed E-state index contributed by atoms with van der Waals surface area (Å²) in [7, 11) is 0. The van der Waals surface area contributed by atoms with E-state index in [0.29, 0.717) is 46.3 Å². The zero-order valence-corrected chi connectivity index (χ0v) is 18.3. The van der Waals surface area contributed by atoms with Gasteiger partial charge in [0.1, 0.15) is 6.04 Å². The Bertz CT molecular complexity index is 1310. The van der Waals surface area contributed by atoms with Gasteiger partial charge in [-0.25, -0.2) is 4.68 Å². The van der Waals surface area contributed by atoms with E-state index in [4.69, 9.17) is 11.6 Å². The summed E-state index contributed by atoms with van der Waals surface area (Å²) < 4.78 is 1.63. The van der Waals surface area contributed by atoms with Crippen LogP contribution in [0.2, 0.25) is 5.02 Å². The maximum absolute atomic E-state index is 13.3. The average Bonchev–Trinajstić information content (AvgIpc) is 3.15. The molecule has 1 N–H and O–H groups in total. The maximum Gasteiger partial charge on any atom is 0.269 e. The molecule has 0 bridgehead atoms. The number of hydrogen-bond donors (Lipinski definition) is 1. The van der Waals surface area contributed by atoms with Gasteiger partial charge in [-0.05, 0) is 29.5 Å². The number of fused-ring (bicyclic) bond motifs is 1. The highest BCUT2D eigenvalue weighted by molar-refractivity contribution is 6.33. The first kappa shape index (κ1) is 20.4. The highest BCUT2D eigenvalue weighted by atomic mass is 35.5. The fourth-order valence-electron chi connectivity index (χ4n) is 4.48. The first-order valence-electron chi connectivity index (χ1n) is 10.2. The Hall–Kier alpha value is -3.52. The zero-order valence-electron chi connectivity index (χ0n) is 17.5. The number of halogens is 1. The van der Waals surface area contributed by atoms with Crippen LogP contribution in [0.5, 0.6) is 0 Å². The van der Waals surface area contributed by atoms with Gasteiger partial charge in [-0.3, -0.25) is 14.9 Å². The molecule has 32 heavy (non-hydrogen) atoms. The topological polar surface area (TPSA) is 103 Å². The SMILES string of the molecule is CC1(C)CC(=O)C2=C(C1)Nc1nc(-c3ccccc3Cl)nn1C2c1cccc([N+](=O)[O-])c1. The summed E-state index contributed by atoms with van der Waals surface area (Å²) in [5.74, 6) is 0.890. The number of anilines is 1. The highest BCUT2D eigenvalue weighted by Gasteiger charge is 2.42. The summed E-state index contributed by atoms with van der Waals surface area (Å²) in [5, 5.41) is 19.9. The van der Waals surface area contributed by atoms with Crippen molar-refractivity contribution in [2.75, 3.05) is 5.32 Å². The van der Waals surface area contributed by atoms with Crippen LogP contribution in [0, 0.1) is 15.5 Å². The molecule has 0 saturated heterocycles. The Morgan fingerprint density at radius 1 is 1.19 bits per heavy atom. The monoisotopic (exact) mass is 449 g/mol. The van der Waals surface area contributed by atoms with Crippen LogP contribution in [0.3, 0.4) is 0 Å². The first-order valence-corrected chi connectivity index (χ1v) is 10.6. The number of benzene rings is 2. The van der Waals surface area contributed by atoms with E-state index < -0.39 is 11.0 Å². The van der Waals surface area contributed by atoms with E-state index >= 15 is 0 Å². The van der Waals surface area contributed by atoms with Crippen molar-refractivity contribution in [3.05, 3.63) is 80.5 Å². The quantitative estimate of drug-likeness (QED) is 0.437. The van der Waals surface area contributed by atoms with E-state index in [9.17, 15) is 14.9 Å². The molecule has 162 valence electrons. The van der Waals surface area contributed by atoms with Gasteiger partial charge < -0.3 is 5.32 Å². The Labute approximate surface area is 189 Å². The second kappa shape index (κ2) is 7.27. The van der Waals surface area contributed by atoms with Gasteiger partial charge in [0.05, 0.1) is 9.95 Å². The first-order chi connectivity index (χ1) is 15.2. The lowest BCUT2D eigenvalue weighted by atomic mass is 9.73. The lowest BCUT2D eigenvalue weighted by Crippen LogP contribution is -2.36. The number of non-ortho nitro benzene ring substituents is 1. The van der Waals surface area contributed by atoms with E-state index in [2.05, 4.69) is 15.4 Å². The van der Waals surface area contributed by atoms with Gasteiger partial charge in [-0.15, -0.1) is 5.10 Å². The Balaban J connectivity index is 1.71. The standard InChI is InChI=1S/C23H20ClN5O3/c1-23(2)11-17-19(18(30)12-23)20(13-6-5-7-14(10-13)29(31)32)28-22(25-17)26-21(27-28)15-8-3-4-9-16(15)24/h3-10,20H,11-12H2,1-2H3,(H,25,26,27). The van der Waals surface area contributed by atoms with Crippen molar-refractivity contribution in [2.24, 2.45) is 5.41 Å². The summed E-state index contributed by atoms with van der Waals surface area (Å²) in [5.41, 5.74) is 2.39. The number of hydrogen-bond acceptors (Lipinski definition) is 6. The predicted octanol–water partition coefficient (Wildman–Crippen LogP) is 5.16. The molecule has 0 fully saturated rings. The van der Waals surface area contributed by atoms with Crippen LogP contribution in [0.1, 0.15) is 38.3 Å². The normalized spacial score (nSPS) is 19.2. The van der Waals surface area contributed by atoms with Crippen LogP contribution in [0.25, 0.3) is 11.4 Å². The lowest BCUT2D eigenvalue weighted by Gasteiger charge is -2.38. The molecule has 1 unspecified atom stereocenters. The molecule has 2 aliphatic rings. The molecule has 8 nitrogen and oxygen atoms in total. The van der Waals surface area contributed by atoms with Crippen molar-refractivity contribution in [3.8, 4) is 11.4 Å². The summed E-state index contributed by atoms with van der Waals surface area (Å²) in [6.45, 7) is 4.10. The third kappa shape index (κ3) is 3.36. The van der Waals surface area contributed by atoms with E-state index in [-0.39, 0.29) is 16.9 Å². The predicted molar refractivity (Wildman–Crippen MR) is 120 cm³/mol. The van der Waals surface area contributed by atoms with Crippen molar-refractivity contribution >= 4 is 29.0 Å². The summed E-state index contributed by atoms with van der Waals surface area (Å²) in [4.78, 5) is 28.9. The van der Waals surface area contributed by atoms with Crippen LogP contribution >= 0.6 is 11.6 Å². The Kier molecular flexibility index (Phi) is 4.63. The van der Waals surface area contributed by atoms with Crippen LogP contribution in [-0.2, 0) is 4.79 Å². The number of nitrogens with zero attached hydrogens (tertiary/aromatic N) is 4. The molecule has 1 aliphatic carbocycles. The Morgan fingerprint density at radius 2 is 1.97 bits per heavy atom. The summed E-state index contributed by atoms with van der Waals surface area (Å²) in [6, 6.07) is 13.0. The number of carbonyl (C=O) groups is 1. The van der Waals surface area contributed by atoms with Crippen molar-refractivity contribution in [1.82, 2.24) is 14.8 Å². The smallest absolute Gasteiger partial charge is 0.269 e. The van der Waals surface area contributed by atoms with Gasteiger partial charge in [0.15, 0.2) is 11.6 Å². The molecule has 1 aliphatic heterocycles. The number of nitrogens with one attached hydrogen (secondary N) is 1. The lowest BCUT2D eigenvalue weighted by molar-refractivity contribution is -0.384. The number of Topliss-reactive ketones (excluding diaryl/α,β-unsaturated/α-hetero) is 1. The molecule has 0 radical (unpaired) electrons. The van der Waals surface area contributed by atoms with Crippen molar-refractivity contribution < 1.29 is 9.72 Å². The number of carbonyl (C=O) groups excluding carboxylic acids is 1. The van der Waals surface area contributed by atoms with Crippen molar-refractivity contribution in [2.45, 2.75) is 32.7 Å². The fraction of sp³-hybridized carbons (Fsp3) is 0.261. The number of aromatic nitrogens is 3. The minimum Gasteiger partial charge on any atom is -0.328 e. The number of nitro groups is 1. The fourth-order valence-corrected chi connectivity index (χ4v) is 4.70. The average molecular weight is 450 g/mol. The second-order valence-electron chi connectivity index (χ2n) is 8.90. The summed E-state index contributed by atoms with van der Waals surface area (Å²) in [6.07, 6.45) is 1.05. The van der Waals surface area contributed by atoms with Crippen LogP contribution in [0.15, 0.2) is 59.8 Å². The molecule has 0 spiro atoms. The number of rotatable bonds is 3. The van der Waals surface area contributed by atoms with E-state index in [1.54, 1.807) is 22.9 Å². The molecule has 1 atom stereocenters. The Morgan fingerprint density at radius 3 is 2.72 bits per heavy atom. The van der Waals surface area contributed by atoms with Gasteiger partial charge in [-0.1, -0.05) is 49.7 Å². The summed E-state index contributed by atoms with van der Waals surface area (Å²) >= 11 is 6.36. The largest absolute Gasteiger partial charge is 0.328 e. The van der Waals surface area contributed by atoms with Gasteiger partial charge in [0, 0.05) is 35.4 Å². The second-order valence-corrected chi connectivity index (χ2v) is 9.30. The molecule has 9 heteroatoms. The molecule has 3 aromatic rings. The number of ketones is 1. The molecule has 0 saturated carbocycles. The van der Waals surface area contributed by atoms with Crippen LogP contribution in [0.4, 0.5) is 11.6 Å². The highest BCUT2D eigenvalue weighted by Crippen LogP contribution is 2.46. The van der Waals surface area contributed by atoms with Crippen LogP contribution < -0.4 is 5.32 Å². The van der Waals surface area contributed by atoms with Gasteiger partial charge in [0.2, 0.25) is 5.95 Å².